The molecule has 1 aliphatic carbocycles. The summed E-state index contributed by atoms with van der Waals surface area (Å²) < 4.78 is 18.4. The number of nitrogens with one attached hydrogen (secondary N) is 1. The summed E-state index contributed by atoms with van der Waals surface area (Å²) in [7, 11) is -2.36. The Morgan fingerprint density at radius 3 is 1.74 bits per heavy atom. The minimum absolute atomic E-state index is 0.0804. The van der Waals surface area contributed by atoms with Crippen LogP contribution in [0.1, 0.15) is 71.1 Å². The number of alkyl carbamates (subject to hydrolysis) is 1. The van der Waals surface area contributed by atoms with Crippen molar-refractivity contribution in [2.45, 2.75) is 89.8 Å². The smallest absolute Gasteiger partial charge is 0.407 e. The van der Waals surface area contributed by atoms with Crippen LogP contribution < -0.4 is 5.32 Å². The van der Waals surface area contributed by atoms with E-state index in [0.29, 0.717) is 16.6 Å². The van der Waals surface area contributed by atoms with E-state index in [1.165, 1.54) is 0 Å². The number of ether oxygens (including phenoxy) is 2. The molecule has 224 valence electrons. The van der Waals surface area contributed by atoms with Crippen molar-refractivity contribution in [1.82, 2.24) is 5.32 Å². The van der Waals surface area contributed by atoms with E-state index in [9.17, 15) is 9.59 Å². The monoisotopic (exact) mass is 587 g/mol. The van der Waals surface area contributed by atoms with Gasteiger partial charge in [0.25, 0.3) is 0 Å². The highest BCUT2D eigenvalue weighted by molar-refractivity contribution is 6.77. The Hall–Kier alpha value is -3.42. The number of carbonyl (C=O) groups excluding carboxylic acids is 2. The quantitative estimate of drug-likeness (QED) is 0.171. The second-order valence-corrected chi connectivity index (χ2v) is 17.6. The number of rotatable bonds is 12. The van der Waals surface area contributed by atoms with Gasteiger partial charge in [0.1, 0.15) is 13.2 Å². The third-order valence-corrected chi connectivity index (χ3v) is 14.9. The van der Waals surface area contributed by atoms with E-state index in [0.717, 1.165) is 27.8 Å². The summed E-state index contributed by atoms with van der Waals surface area (Å²) >= 11 is 0. The maximum atomic E-state index is 13.5. The number of hydrogen-bond donors (Lipinski definition) is 1. The number of fused-ring (bicyclic) bond motifs is 3. The number of hydrogen-bond acceptors (Lipinski definition) is 5. The van der Waals surface area contributed by atoms with Crippen LogP contribution in [0, 0.1) is 0 Å². The summed E-state index contributed by atoms with van der Waals surface area (Å²) in [6.45, 7) is 15.3. The SMILES string of the molecule is CC(C)[Si](O[C@H](C)[C@H](NC(=O)OCC1c2ccccc2-c2ccccc21)C(=O)OCc1ccccc1)(C(C)C)C(C)C. The van der Waals surface area contributed by atoms with Crippen LogP contribution in [0.5, 0.6) is 0 Å². The van der Waals surface area contributed by atoms with Gasteiger partial charge in [0.15, 0.2) is 6.04 Å². The zero-order valence-electron chi connectivity index (χ0n) is 25.9. The highest BCUT2D eigenvalue weighted by atomic mass is 28.4. The third-order valence-electron chi connectivity index (χ3n) is 8.66. The molecule has 0 saturated carbocycles. The van der Waals surface area contributed by atoms with Crippen molar-refractivity contribution < 1.29 is 23.5 Å². The molecular formula is C35H45NO5Si. The van der Waals surface area contributed by atoms with E-state index in [1.54, 1.807) is 0 Å². The maximum absolute atomic E-state index is 13.5. The molecule has 0 aromatic heterocycles. The van der Waals surface area contributed by atoms with Gasteiger partial charge >= 0.3 is 12.1 Å². The number of amides is 1. The fourth-order valence-electron chi connectivity index (χ4n) is 6.75. The van der Waals surface area contributed by atoms with Crippen molar-refractivity contribution in [1.29, 1.82) is 0 Å². The van der Waals surface area contributed by atoms with Crippen LogP contribution in [0.3, 0.4) is 0 Å². The van der Waals surface area contributed by atoms with Gasteiger partial charge in [0.05, 0.1) is 6.10 Å². The summed E-state index contributed by atoms with van der Waals surface area (Å²) in [6, 6.07) is 24.9. The third kappa shape index (κ3) is 6.63. The highest BCUT2D eigenvalue weighted by Gasteiger charge is 2.48. The van der Waals surface area contributed by atoms with Crippen molar-refractivity contribution >= 4 is 20.4 Å². The molecule has 0 fully saturated rings. The molecule has 42 heavy (non-hydrogen) atoms. The normalized spacial score (nSPS) is 14.4. The van der Waals surface area contributed by atoms with Crippen LogP contribution in [-0.4, -0.2) is 39.1 Å². The van der Waals surface area contributed by atoms with Crippen LogP contribution >= 0.6 is 0 Å². The van der Waals surface area contributed by atoms with Crippen LogP contribution in [0.25, 0.3) is 11.1 Å². The molecule has 3 aromatic carbocycles. The molecule has 0 aliphatic heterocycles. The summed E-state index contributed by atoms with van der Waals surface area (Å²) in [5.74, 6) is -0.623. The molecule has 0 saturated heterocycles. The molecule has 0 unspecified atom stereocenters. The van der Waals surface area contributed by atoms with Crippen LogP contribution in [0.4, 0.5) is 4.79 Å². The van der Waals surface area contributed by atoms with Gasteiger partial charge in [-0.2, -0.15) is 0 Å². The van der Waals surface area contributed by atoms with Gasteiger partial charge in [0, 0.05) is 5.92 Å². The van der Waals surface area contributed by atoms with Crippen molar-refractivity contribution in [3.05, 3.63) is 95.6 Å². The first-order valence-corrected chi connectivity index (χ1v) is 17.2. The number of esters is 1. The Balaban J connectivity index is 1.52. The van der Waals surface area contributed by atoms with Crippen molar-refractivity contribution in [3.63, 3.8) is 0 Å². The fourth-order valence-corrected chi connectivity index (χ4v) is 12.3. The van der Waals surface area contributed by atoms with E-state index >= 15 is 0 Å². The van der Waals surface area contributed by atoms with E-state index < -0.39 is 32.5 Å². The lowest BCUT2D eigenvalue weighted by Crippen LogP contribution is -2.56. The number of benzene rings is 3. The first kappa shape index (κ1) is 31.5. The average molecular weight is 588 g/mol. The Morgan fingerprint density at radius 2 is 1.21 bits per heavy atom. The van der Waals surface area contributed by atoms with Gasteiger partial charge < -0.3 is 19.2 Å². The molecule has 0 radical (unpaired) electrons. The van der Waals surface area contributed by atoms with Gasteiger partial charge in [-0.3, -0.25) is 0 Å². The minimum atomic E-state index is -2.36. The van der Waals surface area contributed by atoms with Crippen LogP contribution in [0.15, 0.2) is 78.9 Å². The lowest BCUT2D eigenvalue weighted by molar-refractivity contribution is -0.149. The molecule has 1 N–H and O–H groups in total. The molecule has 1 aliphatic rings. The van der Waals surface area contributed by atoms with Gasteiger partial charge in [0.2, 0.25) is 8.32 Å². The Kier molecular flexibility index (Phi) is 10.3. The highest BCUT2D eigenvalue weighted by Crippen LogP contribution is 2.45. The molecular weight excluding hydrogens is 542 g/mol. The number of carbonyl (C=O) groups is 2. The first-order chi connectivity index (χ1) is 20.1. The van der Waals surface area contributed by atoms with Gasteiger partial charge in [-0.15, -0.1) is 0 Å². The molecule has 1 amide bonds. The zero-order chi connectivity index (χ0) is 30.4. The fraction of sp³-hybridized carbons (Fsp3) is 0.429. The van der Waals surface area contributed by atoms with E-state index in [-0.39, 0.29) is 19.1 Å². The maximum Gasteiger partial charge on any atom is 0.407 e. The average Bonchev–Trinajstić information content (AvgIpc) is 3.29. The molecule has 4 rings (SSSR count). The molecule has 7 heteroatoms. The Bertz CT molecular complexity index is 1290. The standard InChI is InChI=1S/C35H45NO5Si/c1-23(2)42(24(3)4,25(5)6)41-26(7)33(34(37)39-21-27-15-9-8-10-16-27)36-35(38)40-22-32-30-19-13-11-17-28(30)29-18-12-14-20-31(29)32/h8-20,23-26,32-33H,21-22H2,1-7H3,(H,36,38)/t26-,33+/m1/s1. The van der Waals surface area contributed by atoms with E-state index in [4.69, 9.17) is 13.9 Å². The van der Waals surface area contributed by atoms with Crippen molar-refractivity contribution in [2.24, 2.45) is 0 Å². The lowest BCUT2D eigenvalue weighted by Gasteiger charge is -2.45. The summed E-state index contributed by atoms with van der Waals surface area (Å²) in [6.07, 6.45) is -1.27. The van der Waals surface area contributed by atoms with Gasteiger partial charge in [-0.05, 0) is 51.4 Å². The Morgan fingerprint density at radius 1 is 0.714 bits per heavy atom. The van der Waals surface area contributed by atoms with Crippen molar-refractivity contribution in [3.8, 4) is 11.1 Å². The molecule has 0 spiro atoms. The summed E-state index contributed by atoms with van der Waals surface area (Å²) in [5, 5.41) is 2.83. The van der Waals surface area contributed by atoms with Crippen LogP contribution in [0.2, 0.25) is 16.6 Å². The molecule has 3 aromatic rings. The van der Waals surface area contributed by atoms with Gasteiger partial charge in [-0.25, -0.2) is 9.59 Å². The zero-order valence-corrected chi connectivity index (χ0v) is 26.9. The lowest BCUT2D eigenvalue weighted by atomic mass is 9.98. The first-order valence-electron chi connectivity index (χ1n) is 15.1. The minimum Gasteiger partial charge on any atom is -0.459 e. The summed E-state index contributed by atoms with van der Waals surface area (Å²) in [4.78, 5) is 26.8. The molecule has 0 heterocycles. The van der Waals surface area contributed by atoms with E-state index in [1.807, 2.05) is 61.5 Å². The van der Waals surface area contributed by atoms with Crippen molar-refractivity contribution in [2.75, 3.05) is 6.61 Å². The predicted octanol–water partition coefficient (Wildman–Crippen LogP) is 8.22. The molecule has 2 atom stereocenters. The molecule has 0 bridgehead atoms. The second kappa shape index (κ2) is 13.7. The van der Waals surface area contributed by atoms with E-state index in [2.05, 4.69) is 71.1 Å². The topological polar surface area (TPSA) is 73.9 Å². The Labute approximate surface area is 251 Å². The van der Waals surface area contributed by atoms with Gasteiger partial charge in [-0.1, -0.05) is 120 Å². The second-order valence-electron chi connectivity index (χ2n) is 12.2. The summed E-state index contributed by atoms with van der Waals surface area (Å²) in [5.41, 5.74) is 6.38. The predicted molar refractivity (Wildman–Crippen MR) is 170 cm³/mol. The molecule has 6 nitrogen and oxygen atoms in total. The largest absolute Gasteiger partial charge is 0.459 e. The van der Waals surface area contributed by atoms with Crippen LogP contribution in [-0.2, 0) is 25.3 Å².